The van der Waals surface area contributed by atoms with Crippen LogP contribution in [0.4, 0.5) is 0 Å². The molecule has 0 fully saturated rings. The molecule has 0 radical (unpaired) electrons. The molecule has 2 heterocycles. The van der Waals surface area contributed by atoms with Crippen molar-refractivity contribution in [1.82, 2.24) is 0 Å². The Morgan fingerprint density at radius 3 is 2.86 bits per heavy atom. The van der Waals surface area contributed by atoms with Crippen LogP contribution in [0.15, 0.2) is 29.0 Å². The van der Waals surface area contributed by atoms with Crippen LogP contribution >= 0.6 is 22.7 Å². The fourth-order valence-corrected chi connectivity index (χ4v) is 2.33. The minimum absolute atomic E-state index is 0.611. The average Bonchev–Trinajstić information content (AvgIpc) is 2.86. The number of methoxy groups -OCH3 is 1. The summed E-state index contributed by atoms with van der Waals surface area (Å²) in [4.78, 5) is 0. The quantitative estimate of drug-likeness (QED) is 0.795. The summed E-state index contributed by atoms with van der Waals surface area (Å²) in [6, 6.07) is 5.95. The molecule has 0 saturated heterocycles. The maximum absolute atomic E-state index is 5.56. The fraction of sp³-hybridized carbons (Fsp3) is 0.200. The molecule has 2 rings (SSSR count). The van der Waals surface area contributed by atoms with E-state index in [9.17, 15) is 0 Å². The Morgan fingerprint density at radius 1 is 1.29 bits per heavy atom. The van der Waals surface area contributed by atoms with Crippen molar-refractivity contribution in [3.63, 3.8) is 0 Å². The van der Waals surface area contributed by atoms with E-state index in [0.29, 0.717) is 6.61 Å². The maximum atomic E-state index is 5.56. The summed E-state index contributed by atoms with van der Waals surface area (Å²) in [6.45, 7) is 0.611. The van der Waals surface area contributed by atoms with Gasteiger partial charge in [-0.3, -0.25) is 0 Å². The van der Waals surface area contributed by atoms with Crippen LogP contribution in [-0.4, -0.2) is 7.11 Å². The molecule has 0 aliphatic carbocycles. The lowest BCUT2D eigenvalue weighted by Crippen LogP contribution is -1.90. The Labute approximate surface area is 90.7 Å². The molecule has 2 nitrogen and oxygen atoms in total. The van der Waals surface area contributed by atoms with Crippen molar-refractivity contribution in [2.45, 2.75) is 6.61 Å². The summed E-state index contributed by atoms with van der Waals surface area (Å²) in [5.74, 6) is 0. The first-order valence-electron chi connectivity index (χ1n) is 4.16. The van der Waals surface area contributed by atoms with Crippen molar-refractivity contribution in [2.75, 3.05) is 7.11 Å². The SMILES string of the molecule is COc1cc(COc2cccs2)cs1. The highest BCUT2D eigenvalue weighted by atomic mass is 32.1. The zero-order valence-electron chi connectivity index (χ0n) is 7.73. The van der Waals surface area contributed by atoms with Crippen molar-refractivity contribution in [2.24, 2.45) is 0 Å². The number of hydrogen-bond donors (Lipinski definition) is 0. The lowest BCUT2D eigenvalue weighted by atomic mass is 10.4. The van der Waals surface area contributed by atoms with Crippen molar-refractivity contribution in [3.8, 4) is 10.1 Å². The molecule has 0 unspecified atom stereocenters. The molecular weight excluding hydrogens is 216 g/mol. The van der Waals surface area contributed by atoms with Crippen molar-refractivity contribution < 1.29 is 9.47 Å². The summed E-state index contributed by atoms with van der Waals surface area (Å²) in [5.41, 5.74) is 1.15. The summed E-state index contributed by atoms with van der Waals surface area (Å²) in [7, 11) is 1.68. The molecule has 2 aromatic heterocycles. The van der Waals surface area contributed by atoms with Crippen LogP contribution < -0.4 is 9.47 Å². The standard InChI is InChI=1S/C10H10O2S2/c1-11-10-5-8(7-14-10)6-12-9-3-2-4-13-9/h2-5,7H,6H2,1H3. The Hall–Kier alpha value is -1.00. The Kier molecular flexibility index (Phi) is 3.06. The highest BCUT2D eigenvalue weighted by Crippen LogP contribution is 2.25. The van der Waals surface area contributed by atoms with E-state index in [2.05, 4.69) is 0 Å². The van der Waals surface area contributed by atoms with Crippen LogP contribution in [-0.2, 0) is 6.61 Å². The molecule has 0 amide bonds. The van der Waals surface area contributed by atoms with Gasteiger partial charge in [0.1, 0.15) is 6.61 Å². The van der Waals surface area contributed by atoms with E-state index in [1.165, 1.54) is 0 Å². The van der Waals surface area contributed by atoms with Gasteiger partial charge in [-0.1, -0.05) is 0 Å². The second-order valence-electron chi connectivity index (χ2n) is 2.70. The molecule has 0 bridgehead atoms. The molecule has 74 valence electrons. The lowest BCUT2D eigenvalue weighted by Gasteiger charge is -1.99. The minimum atomic E-state index is 0.611. The molecule has 0 aliphatic heterocycles. The first-order valence-corrected chi connectivity index (χ1v) is 5.92. The van der Waals surface area contributed by atoms with E-state index >= 15 is 0 Å². The lowest BCUT2D eigenvalue weighted by molar-refractivity contribution is 0.315. The van der Waals surface area contributed by atoms with Gasteiger partial charge in [0.2, 0.25) is 0 Å². The molecule has 2 aromatic rings. The van der Waals surface area contributed by atoms with Crippen molar-refractivity contribution in [3.05, 3.63) is 34.5 Å². The Balaban J connectivity index is 1.92. The van der Waals surface area contributed by atoms with Gasteiger partial charge in [-0.05, 0) is 23.6 Å². The molecule has 0 aromatic carbocycles. The van der Waals surface area contributed by atoms with Gasteiger partial charge in [0, 0.05) is 10.9 Å². The zero-order chi connectivity index (χ0) is 9.80. The van der Waals surface area contributed by atoms with Gasteiger partial charge in [-0.2, -0.15) is 0 Å². The Bertz CT molecular complexity index is 378. The largest absolute Gasteiger partial charge is 0.487 e. The average molecular weight is 226 g/mol. The molecule has 0 aliphatic rings. The van der Waals surface area contributed by atoms with Gasteiger partial charge in [-0.25, -0.2) is 0 Å². The van der Waals surface area contributed by atoms with Crippen LogP contribution in [0.25, 0.3) is 0 Å². The second-order valence-corrected chi connectivity index (χ2v) is 4.48. The van der Waals surface area contributed by atoms with Gasteiger partial charge in [0.15, 0.2) is 10.1 Å². The number of ether oxygens (including phenoxy) is 2. The van der Waals surface area contributed by atoms with E-state index in [4.69, 9.17) is 9.47 Å². The number of rotatable bonds is 4. The second kappa shape index (κ2) is 4.48. The molecule has 4 heteroatoms. The smallest absolute Gasteiger partial charge is 0.174 e. The van der Waals surface area contributed by atoms with Crippen molar-refractivity contribution >= 4 is 22.7 Å². The third kappa shape index (κ3) is 2.27. The van der Waals surface area contributed by atoms with Crippen LogP contribution in [0.1, 0.15) is 5.56 Å². The van der Waals surface area contributed by atoms with E-state index in [0.717, 1.165) is 15.7 Å². The predicted molar refractivity (Wildman–Crippen MR) is 59.5 cm³/mol. The molecule has 0 N–H and O–H groups in total. The summed E-state index contributed by atoms with van der Waals surface area (Å²) < 4.78 is 10.7. The summed E-state index contributed by atoms with van der Waals surface area (Å²) in [6.07, 6.45) is 0. The molecule has 0 atom stereocenters. The van der Waals surface area contributed by atoms with Crippen molar-refractivity contribution in [1.29, 1.82) is 0 Å². The van der Waals surface area contributed by atoms with Crippen LogP contribution in [0.2, 0.25) is 0 Å². The number of thiophene rings is 2. The van der Waals surface area contributed by atoms with E-state index < -0.39 is 0 Å². The molecule has 14 heavy (non-hydrogen) atoms. The normalized spacial score (nSPS) is 10.1. The third-order valence-electron chi connectivity index (χ3n) is 1.71. The minimum Gasteiger partial charge on any atom is -0.487 e. The highest BCUT2D eigenvalue weighted by Gasteiger charge is 2.00. The van der Waals surface area contributed by atoms with E-state index in [1.807, 2.05) is 29.0 Å². The first-order chi connectivity index (χ1) is 6.88. The van der Waals surface area contributed by atoms with Gasteiger partial charge in [0.25, 0.3) is 0 Å². The third-order valence-corrected chi connectivity index (χ3v) is 3.42. The molecular formula is C10H10O2S2. The van der Waals surface area contributed by atoms with Crippen LogP contribution in [0.5, 0.6) is 10.1 Å². The fourth-order valence-electron chi connectivity index (χ4n) is 1.04. The van der Waals surface area contributed by atoms with E-state index in [-0.39, 0.29) is 0 Å². The monoisotopic (exact) mass is 226 g/mol. The highest BCUT2D eigenvalue weighted by molar-refractivity contribution is 7.12. The summed E-state index contributed by atoms with van der Waals surface area (Å²) in [5, 5.41) is 5.93. The Morgan fingerprint density at radius 2 is 2.21 bits per heavy atom. The van der Waals surface area contributed by atoms with Gasteiger partial charge in [-0.15, -0.1) is 22.7 Å². The van der Waals surface area contributed by atoms with Gasteiger partial charge in [0.05, 0.1) is 7.11 Å². The van der Waals surface area contributed by atoms with E-state index in [1.54, 1.807) is 29.8 Å². The predicted octanol–water partition coefficient (Wildman–Crippen LogP) is 3.40. The topological polar surface area (TPSA) is 18.5 Å². The molecule has 0 spiro atoms. The maximum Gasteiger partial charge on any atom is 0.174 e. The summed E-state index contributed by atoms with van der Waals surface area (Å²) >= 11 is 3.19. The molecule has 0 saturated carbocycles. The van der Waals surface area contributed by atoms with Crippen LogP contribution in [0.3, 0.4) is 0 Å². The zero-order valence-corrected chi connectivity index (χ0v) is 9.36. The first kappa shape index (κ1) is 9.55. The van der Waals surface area contributed by atoms with Gasteiger partial charge >= 0.3 is 0 Å². The van der Waals surface area contributed by atoms with Gasteiger partial charge < -0.3 is 9.47 Å². The van der Waals surface area contributed by atoms with Crippen LogP contribution in [0, 0.1) is 0 Å². The number of hydrogen-bond acceptors (Lipinski definition) is 4.